The minimum atomic E-state index is -0.474. The zero-order chi connectivity index (χ0) is 22.4. The van der Waals surface area contributed by atoms with Crippen LogP contribution in [0, 0.1) is 5.92 Å². The SMILES string of the molecule is CN=C(NCC1CCCN(C(=O)OC(C)(C)C)C1)N1CCN(C(=O)C2CCCO2)CC1.I. The lowest BCUT2D eigenvalue weighted by atomic mass is 9.98. The maximum Gasteiger partial charge on any atom is 0.410 e. The number of hydrogen-bond acceptors (Lipinski definition) is 5. The van der Waals surface area contributed by atoms with Crippen molar-refractivity contribution >= 4 is 41.9 Å². The van der Waals surface area contributed by atoms with Gasteiger partial charge in [-0.25, -0.2) is 4.79 Å². The summed E-state index contributed by atoms with van der Waals surface area (Å²) in [7, 11) is 1.79. The van der Waals surface area contributed by atoms with Crippen LogP contribution in [0.1, 0.15) is 46.5 Å². The van der Waals surface area contributed by atoms with E-state index in [-0.39, 0.29) is 42.1 Å². The number of hydrogen-bond donors (Lipinski definition) is 1. The van der Waals surface area contributed by atoms with Gasteiger partial charge in [0.15, 0.2) is 5.96 Å². The molecule has 0 aliphatic carbocycles. The van der Waals surface area contributed by atoms with Crippen LogP contribution in [-0.4, -0.2) is 104 Å². The van der Waals surface area contributed by atoms with Crippen LogP contribution in [0.5, 0.6) is 0 Å². The van der Waals surface area contributed by atoms with Crippen molar-refractivity contribution in [1.82, 2.24) is 20.0 Å². The molecule has 0 spiro atoms. The Morgan fingerprint density at radius 3 is 2.31 bits per heavy atom. The molecule has 0 radical (unpaired) electrons. The van der Waals surface area contributed by atoms with Crippen molar-refractivity contribution in [3.8, 4) is 0 Å². The fraction of sp³-hybridized carbons (Fsp3) is 0.864. The number of guanidine groups is 1. The summed E-state index contributed by atoms with van der Waals surface area (Å²) in [5, 5.41) is 3.48. The van der Waals surface area contributed by atoms with E-state index < -0.39 is 5.60 Å². The van der Waals surface area contributed by atoms with Gasteiger partial charge in [-0.05, 0) is 52.4 Å². The van der Waals surface area contributed by atoms with Gasteiger partial charge < -0.3 is 29.5 Å². The Morgan fingerprint density at radius 1 is 1.03 bits per heavy atom. The van der Waals surface area contributed by atoms with E-state index in [2.05, 4.69) is 15.2 Å². The van der Waals surface area contributed by atoms with Crippen LogP contribution < -0.4 is 5.32 Å². The number of aliphatic imine (C=N–C) groups is 1. The van der Waals surface area contributed by atoms with Crippen molar-refractivity contribution in [2.75, 3.05) is 59.5 Å². The number of nitrogens with one attached hydrogen (secondary N) is 1. The van der Waals surface area contributed by atoms with Gasteiger partial charge in [0.25, 0.3) is 5.91 Å². The van der Waals surface area contributed by atoms with Gasteiger partial charge in [-0.15, -0.1) is 24.0 Å². The molecule has 2 unspecified atom stereocenters. The number of ether oxygens (including phenoxy) is 2. The van der Waals surface area contributed by atoms with E-state index in [1.165, 1.54) is 0 Å². The minimum Gasteiger partial charge on any atom is -0.444 e. The molecule has 3 saturated heterocycles. The second-order valence-electron chi connectivity index (χ2n) is 9.68. The molecule has 10 heteroatoms. The lowest BCUT2D eigenvalue weighted by Crippen LogP contribution is -2.56. The third kappa shape index (κ3) is 7.64. The summed E-state index contributed by atoms with van der Waals surface area (Å²) >= 11 is 0. The van der Waals surface area contributed by atoms with Gasteiger partial charge in [0, 0.05) is 59.5 Å². The summed E-state index contributed by atoms with van der Waals surface area (Å²) in [5.74, 6) is 1.35. The highest BCUT2D eigenvalue weighted by Crippen LogP contribution is 2.19. The topological polar surface area (TPSA) is 86.7 Å². The lowest BCUT2D eigenvalue weighted by Gasteiger charge is -2.38. The molecule has 1 N–H and O–H groups in total. The fourth-order valence-electron chi connectivity index (χ4n) is 4.41. The average Bonchev–Trinajstić information content (AvgIpc) is 3.28. The average molecular weight is 565 g/mol. The third-order valence-corrected chi connectivity index (χ3v) is 6.03. The highest BCUT2D eigenvalue weighted by Gasteiger charge is 2.31. The first-order valence-electron chi connectivity index (χ1n) is 11.6. The summed E-state index contributed by atoms with van der Waals surface area (Å²) < 4.78 is 11.1. The lowest BCUT2D eigenvalue weighted by molar-refractivity contribution is -0.142. The van der Waals surface area contributed by atoms with E-state index in [0.29, 0.717) is 32.2 Å². The Morgan fingerprint density at radius 2 is 1.72 bits per heavy atom. The second-order valence-corrected chi connectivity index (χ2v) is 9.68. The number of carbonyl (C=O) groups excluding carboxylic acids is 2. The molecule has 184 valence electrons. The molecule has 32 heavy (non-hydrogen) atoms. The number of nitrogens with zero attached hydrogens (tertiary/aromatic N) is 4. The molecule has 2 atom stereocenters. The molecule has 3 rings (SSSR count). The predicted octanol–water partition coefficient (Wildman–Crippen LogP) is 2.15. The van der Waals surface area contributed by atoms with E-state index in [1.54, 1.807) is 7.05 Å². The van der Waals surface area contributed by atoms with Crippen LogP contribution in [0.15, 0.2) is 4.99 Å². The van der Waals surface area contributed by atoms with Gasteiger partial charge in [-0.1, -0.05) is 0 Å². The van der Waals surface area contributed by atoms with Gasteiger partial charge in [-0.3, -0.25) is 9.79 Å². The number of likely N-dealkylation sites (tertiary alicyclic amines) is 1. The molecular formula is C22H40IN5O4. The molecule has 3 aliphatic rings. The van der Waals surface area contributed by atoms with Crippen LogP contribution >= 0.6 is 24.0 Å². The molecule has 0 bridgehead atoms. The third-order valence-electron chi connectivity index (χ3n) is 6.03. The van der Waals surface area contributed by atoms with E-state index in [4.69, 9.17) is 9.47 Å². The Balaban J connectivity index is 0.00000363. The van der Waals surface area contributed by atoms with Gasteiger partial charge in [0.1, 0.15) is 11.7 Å². The second kappa shape index (κ2) is 12.2. The number of carbonyl (C=O) groups is 2. The molecule has 2 amide bonds. The first kappa shape index (κ1) is 26.9. The summed E-state index contributed by atoms with van der Waals surface area (Å²) in [4.78, 5) is 35.3. The Hall–Kier alpha value is -1.30. The standard InChI is InChI=1S/C22H39N5O4.HI/c1-22(2,3)31-21(29)27-9-5-7-17(16-27)15-24-20(23-4)26-12-10-25(11-13-26)19(28)18-8-6-14-30-18;/h17-18H,5-16H2,1-4H3,(H,23,24);1H. The first-order valence-corrected chi connectivity index (χ1v) is 11.6. The summed E-state index contributed by atoms with van der Waals surface area (Å²) in [6, 6.07) is 0. The van der Waals surface area contributed by atoms with Crippen molar-refractivity contribution in [2.45, 2.75) is 58.2 Å². The van der Waals surface area contributed by atoms with Crippen molar-refractivity contribution in [1.29, 1.82) is 0 Å². The fourth-order valence-corrected chi connectivity index (χ4v) is 4.41. The number of halogens is 1. The molecule has 0 aromatic heterocycles. The van der Waals surface area contributed by atoms with E-state index >= 15 is 0 Å². The van der Waals surface area contributed by atoms with Crippen molar-refractivity contribution in [2.24, 2.45) is 10.9 Å². The molecule has 3 heterocycles. The molecule has 0 saturated carbocycles. The Kier molecular flexibility index (Phi) is 10.3. The predicted molar refractivity (Wildman–Crippen MR) is 134 cm³/mol. The Bertz CT molecular complexity index is 655. The molecule has 3 fully saturated rings. The van der Waals surface area contributed by atoms with Crippen LogP contribution in [0.2, 0.25) is 0 Å². The summed E-state index contributed by atoms with van der Waals surface area (Å²) in [6.45, 7) is 11.5. The number of piperidine rings is 1. The van der Waals surface area contributed by atoms with Gasteiger partial charge >= 0.3 is 6.09 Å². The number of piperazine rings is 1. The minimum absolute atomic E-state index is 0. The van der Waals surface area contributed by atoms with Gasteiger partial charge in [0.2, 0.25) is 0 Å². The van der Waals surface area contributed by atoms with E-state index in [0.717, 1.165) is 57.8 Å². The van der Waals surface area contributed by atoms with Crippen LogP contribution in [0.4, 0.5) is 4.79 Å². The molecular weight excluding hydrogens is 525 g/mol. The van der Waals surface area contributed by atoms with Crippen LogP contribution in [0.25, 0.3) is 0 Å². The zero-order valence-electron chi connectivity index (χ0n) is 20.0. The highest BCUT2D eigenvalue weighted by atomic mass is 127. The quantitative estimate of drug-likeness (QED) is 0.321. The smallest absolute Gasteiger partial charge is 0.410 e. The maximum absolute atomic E-state index is 12.5. The highest BCUT2D eigenvalue weighted by molar-refractivity contribution is 14.0. The molecule has 0 aromatic carbocycles. The molecule has 0 aromatic rings. The number of amides is 2. The van der Waals surface area contributed by atoms with Crippen LogP contribution in [0.3, 0.4) is 0 Å². The van der Waals surface area contributed by atoms with Gasteiger partial charge in [0.05, 0.1) is 0 Å². The van der Waals surface area contributed by atoms with Gasteiger partial charge in [-0.2, -0.15) is 0 Å². The normalized spacial score (nSPS) is 24.8. The van der Waals surface area contributed by atoms with E-state index in [1.807, 2.05) is 30.6 Å². The van der Waals surface area contributed by atoms with Crippen LogP contribution in [-0.2, 0) is 14.3 Å². The first-order chi connectivity index (χ1) is 14.8. The van der Waals surface area contributed by atoms with Crippen molar-refractivity contribution < 1.29 is 19.1 Å². The van der Waals surface area contributed by atoms with Crippen molar-refractivity contribution in [3.05, 3.63) is 0 Å². The summed E-state index contributed by atoms with van der Waals surface area (Å²) in [5.41, 5.74) is -0.474. The molecule has 3 aliphatic heterocycles. The monoisotopic (exact) mass is 565 g/mol. The largest absolute Gasteiger partial charge is 0.444 e. The number of rotatable bonds is 3. The Labute approximate surface area is 209 Å². The zero-order valence-corrected chi connectivity index (χ0v) is 22.3. The van der Waals surface area contributed by atoms with E-state index in [9.17, 15) is 9.59 Å². The summed E-state index contributed by atoms with van der Waals surface area (Å²) in [6.07, 6.45) is 3.39. The van der Waals surface area contributed by atoms with Crippen molar-refractivity contribution in [3.63, 3.8) is 0 Å². The maximum atomic E-state index is 12.5. The molecule has 9 nitrogen and oxygen atoms in total.